The van der Waals surface area contributed by atoms with Gasteiger partial charge in [-0.2, -0.15) is 24.4 Å². The van der Waals surface area contributed by atoms with Crippen molar-refractivity contribution in [2.45, 2.75) is 49.9 Å². The first kappa shape index (κ1) is 29.5. The number of amides is 4. The van der Waals surface area contributed by atoms with Crippen LogP contribution in [0.15, 0.2) is 0 Å². The molecule has 0 radical (unpaired) electrons. The lowest BCUT2D eigenvalue weighted by atomic mass is 10.1. The topological polar surface area (TPSA) is 231 Å². The van der Waals surface area contributed by atoms with Gasteiger partial charge in [0.05, 0.1) is 12.5 Å². The van der Waals surface area contributed by atoms with Crippen molar-refractivity contribution in [3.8, 4) is 0 Å². The average molecular weight is 496 g/mol. The molecule has 0 saturated carbocycles. The van der Waals surface area contributed by atoms with E-state index in [-0.39, 0.29) is 25.0 Å². The summed E-state index contributed by atoms with van der Waals surface area (Å²) >= 11 is 5.34. The molecule has 0 aromatic rings. The van der Waals surface area contributed by atoms with Crippen LogP contribution in [0.4, 0.5) is 0 Å². The summed E-state index contributed by atoms with van der Waals surface area (Å²) in [6.45, 7) is 0. The second kappa shape index (κ2) is 15.3. The van der Waals surface area contributed by atoms with Gasteiger partial charge in [-0.05, 0) is 24.9 Å². The van der Waals surface area contributed by atoms with Crippen molar-refractivity contribution in [1.29, 1.82) is 0 Å². The fourth-order valence-electron chi connectivity index (χ4n) is 2.33. The highest BCUT2D eigenvalue weighted by molar-refractivity contribution is 7.98. The Balaban J connectivity index is 5.21. The van der Waals surface area contributed by atoms with Gasteiger partial charge in [-0.25, -0.2) is 4.79 Å². The molecule has 9 N–H and O–H groups in total. The summed E-state index contributed by atoms with van der Waals surface area (Å²) in [5.41, 5.74) is 10.7. The van der Waals surface area contributed by atoms with Crippen LogP contribution in [0.5, 0.6) is 0 Å². The molecule has 0 aromatic carbocycles. The number of hydrogen-bond acceptors (Lipinski definition) is 9. The summed E-state index contributed by atoms with van der Waals surface area (Å²) in [5, 5.41) is 24.7. The lowest BCUT2D eigenvalue weighted by Gasteiger charge is -2.24. The van der Waals surface area contributed by atoms with Crippen LogP contribution in [-0.2, 0) is 28.8 Å². The van der Waals surface area contributed by atoms with Gasteiger partial charge in [0, 0.05) is 12.2 Å². The molecular formula is C17H29N5O8S2. The van der Waals surface area contributed by atoms with Crippen molar-refractivity contribution < 1.29 is 39.0 Å². The average Bonchev–Trinajstić information content (AvgIpc) is 2.71. The number of carboxylic acids is 2. The van der Waals surface area contributed by atoms with Gasteiger partial charge in [0.15, 0.2) is 0 Å². The normalized spacial score (nSPS) is 14.3. The molecule has 0 bridgehead atoms. The first-order valence-corrected chi connectivity index (χ1v) is 11.4. The van der Waals surface area contributed by atoms with Gasteiger partial charge in [0.2, 0.25) is 23.6 Å². The standard InChI is InChI=1S/C17H29N5O8S2/c1-32-5-4-9(17(29)30)20-15(27)10(6-12(19)23)21-16(28)11(7-31)22-14(26)8(18)2-3-13(24)25/h8-11,31H,2-7,18H2,1H3,(H2,19,23)(H,20,27)(H,21,28)(H,22,26)(H,24,25)(H,29,30). The number of carbonyl (C=O) groups is 6. The number of rotatable bonds is 16. The number of thiol groups is 1. The van der Waals surface area contributed by atoms with Crippen LogP contribution in [0.1, 0.15) is 25.7 Å². The van der Waals surface area contributed by atoms with Crippen LogP contribution in [0.3, 0.4) is 0 Å². The van der Waals surface area contributed by atoms with E-state index in [1.165, 1.54) is 11.8 Å². The van der Waals surface area contributed by atoms with Crippen LogP contribution < -0.4 is 27.4 Å². The summed E-state index contributed by atoms with van der Waals surface area (Å²) in [7, 11) is 0. The van der Waals surface area contributed by atoms with Crippen LogP contribution in [-0.4, -0.2) is 87.7 Å². The SMILES string of the molecule is CSCCC(NC(=O)C(CC(N)=O)NC(=O)C(CS)NC(=O)C(N)CCC(=O)O)C(=O)O. The van der Waals surface area contributed by atoms with Crippen molar-refractivity contribution in [3.63, 3.8) is 0 Å². The minimum atomic E-state index is -1.49. The zero-order chi connectivity index (χ0) is 24.8. The number of carboxylic acid groups (broad SMARTS) is 2. The van der Waals surface area contributed by atoms with E-state index in [1.807, 2.05) is 0 Å². The predicted molar refractivity (Wildman–Crippen MR) is 119 cm³/mol. The summed E-state index contributed by atoms with van der Waals surface area (Å²) in [5.74, 6) is -5.76. The molecule has 0 aromatic heterocycles. The van der Waals surface area contributed by atoms with Gasteiger partial charge in [-0.1, -0.05) is 0 Å². The van der Waals surface area contributed by atoms with E-state index in [4.69, 9.17) is 16.6 Å². The number of primary amides is 1. The smallest absolute Gasteiger partial charge is 0.326 e. The second-order valence-electron chi connectivity index (χ2n) is 6.70. The van der Waals surface area contributed by atoms with E-state index in [0.717, 1.165) is 0 Å². The fraction of sp³-hybridized carbons (Fsp3) is 0.647. The molecule has 13 nitrogen and oxygen atoms in total. The lowest BCUT2D eigenvalue weighted by Crippen LogP contribution is -2.58. The highest BCUT2D eigenvalue weighted by atomic mass is 32.2. The minimum absolute atomic E-state index is 0.114. The molecule has 0 aliphatic carbocycles. The van der Waals surface area contributed by atoms with E-state index < -0.39 is 66.2 Å². The molecule has 0 heterocycles. The molecule has 0 rings (SSSR count). The first-order valence-electron chi connectivity index (χ1n) is 9.42. The molecule has 0 fully saturated rings. The van der Waals surface area contributed by atoms with Gasteiger partial charge in [-0.3, -0.25) is 24.0 Å². The monoisotopic (exact) mass is 495 g/mol. The van der Waals surface area contributed by atoms with E-state index in [0.29, 0.717) is 5.75 Å². The van der Waals surface area contributed by atoms with E-state index in [9.17, 15) is 33.9 Å². The molecule has 4 atom stereocenters. The summed E-state index contributed by atoms with van der Waals surface area (Å²) in [6.07, 6.45) is 0.743. The number of aliphatic carboxylic acids is 2. The molecule has 182 valence electrons. The van der Waals surface area contributed by atoms with E-state index >= 15 is 0 Å². The Morgan fingerprint density at radius 1 is 0.906 bits per heavy atom. The Morgan fingerprint density at radius 2 is 1.44 bits per heavy atom. The molecule has 4 amide bonds. The predicted octanol–water partition coefficient (Wildman–Crippen LogP) is -2.72. The molecule has 32 heavy (non-hydrogen) atoms. The second-order valence-corrected chi connectivity index (χ2v) is 8.05. The Morgan fingerprint density at radius 3 is 1.91 bits per heavy atom. The zero-order valence-corrected chi connectivity index (χ0v) is 19.1. The van der Waals surface area contributed by atoms with Crippen molar-refractivity contribution in [3.05, 3.63) is 0 Å². The maximum atomic E-state index is 12.5. The van der Waals surface area contributed by atoms with Gasteiger partial charge in [0.25, 0.3) is 0 Å². The summed E-state index contributed by atoms with van der Waals surface area (Å²) in [6, 6.07) is -5.19. The highest BCUT2D eigenvalue weighted by Gasteiger charge is 2.30. The lowest BCUT2D eigenvalue weighted by molar-refractivity contribution is -0.142. The summed E-state index contributed by atoms with van der Waals surface area (Å²) in [4.78, 5) is 70.4. The van der Waals surface area contributed by atoms with Crippen LogP contribution in [0.2, 0.25) is 0 Å². The minimum Gasteiger partial charge on any atom is -0.481 e. The number of carbonyl (C=O) groups excluding carboxylic acids is 4. The van der Waals surface area contributed by atoms with Gasteiger partial charge in [0.1, 0.15) is 18.1 Å². The molecule has 4 unspecified atom stereocenters. The molecule has 0 saturated heterocycles. The molecular weight excluding hydrogens is 466 g/mol. The van der Waals surface area contributed by atoms with Gasteiger partial charge in [-0.15, -0.1) is 0 Å². The third-order valence-electron chi connectivity index (χ3n) is 4.09. The number of nitrogens with two attached hydrogens (primary N) is 2. The number of thioether (sulfide) groups is 1. The summed E-state index contributed by atoms with van der Waals surface area (Å²) < 4.78 is 0. The Hall–Kier alpha value is -2.52. The molecule has 15 heteroatoms. The van der Waals surface area contributed by atoms with Crippen molar-refractivity contribution >= 4 is 60.0 Å². The Bertz CT molecular complexity index is 708. The zero-order valence-electron chi connectivity index (χ0n) is 17.4. The van der Waals surface area contributed by atoms with Gasteiger partial charge >= 0.3 is 11.9 Å². The van der Waals surface area contributed by atoms with Crippen LogP contribution in [0, 0.1) is 0 Å². The van der Waals surface area contributed by atoms with E-state index in [2.05, 4.69) is 28.6 Å². The van der Waals surface area contributed by atoms with Crippen LogP contribution >= 0.6 is 24.4 Å². The highest BCUT2D eigenvalue weighted by Crippen LogP contribution is 2.04. The number of nitrogens with one attached hydrogen (secondary N) is 3. The van der Waals surface area contributed by atoms with Gasteiger partial charge < -0.3 is 37.6 Å². The fourth-order valence-corrected chi connectivity index (χ4v) is 3.06. The van der Waals surface area contributed by atoms with Crippen molar-refractivity contribution in [2.75, 3.05) is 17.8 Å². The van der Waals surface area contributed by atoms with Crippen LogP contribution in [0.25, 0.3) is 0 Å². The largest absolute Gasteiger partial charge is 0.481 e. The molecule has 0 spiro atoms. The molecule has 0 aliphatic rings. The first-order chi connectivity index (χ1) is 14.9. The third kappa shape index (κ3) is 11.8. The number of hydrogen-bond donors (Lipinski definition) is 8. The maximum Gasteiger partial charge on any atom is 0.326 e. The maximum absolute atomic E-state index is 12.5. The third-order valence-corrected chi connectivity index (χ3v) is 5.09. The molecule has 0 aliphatic heterocycles. The Labute approximate surface area is 194 Å². The quantitative estimate of drug-likeness (QED) is 0.103. The van der Waals surface area contributed by atoms with E-state index in [1.54, 1.807) is 6.26 Å². The van der Waals surface area contributed by atoms with Crippen molar-refractivity contribution in [2.24, 2.45) is 11.5 Å². The Kier molecular flexibility index (Phi) is 14.1. The van der Waals surface area contributed by atoms with Crippen molar-refractivity contribution in [1.82, 2.24) is 16.0 Å².